The van der Waals surface area contributed by atoms with Crippen LogP contribution in [0.1, 0.15) is 31.7 Å². The van der Waals surface area contributed by atoms with Crippen molar-refractivity contribution in [2.45, 2.75) is 38.8 Å². The Morgan fingerprint density at radius 3 is 2.85 bits per heavy atom. The summed E-state index contributed by atoms with van der Waals surface area (Å²) in [4.78, 5) is 2.37. The van der Waals surface area contributed by atoms with E-state index in [0.717, 1.165) is 37.3 Å². The van der Waals surface area contributed by atoms with Crippen LogP contribution in [0.5, 0.6) is 0 Å². The molecular weight excluding hydrogens is 255 g/mol. The van der Waals surface area contributed by atoms with Gasteiger partial charge in [-0.05, 0) is 49.6 Å². The first kappa shape index (κ1) is 15.3. The Hall–Kier alpha value is -1.13. The Balaban J connectivity index is 2.14. The summed E-state index contributed by atoms with van der Waals surface area (Å²) < 4.78 is 18.7. The number of methoxy groups -OCH3 is 1. The summed E-state index contributed by atoms with van der Waals surface area (Å²) in [6.07, 6.45) is 3.53. The second kappa shape index (κ2) is 7.60. The molecule has 1 aromatic rings. The fourth-order valence-electron chi connectivity index (χ4n) is 2.45. The molecule has 1 aromatic carbocycles. The molecule has 0 aromatic heterocycles. The largest absolute Gasteiger partial charge is 0.383 e. The van der Waals surface area contributed by atoms with Crippen molar-refractivity contribution >= 4 is 5.69 Å². The Morgan fingerprint density at radius 2 is 2.20 bits per heavy atom. The van der Waals surface area contributed by atoms with E-state index >= 15 is 0 Å². The maximum absolute atomic E-state index is 13.5. The summed E-state index contributed by atoms with van der Waals surface area (Å²) in [5, 5.41) is 3.36. The van der Waals surface area contributed by atoms with Crippen molar-refractivity contribution in [3.8, 4) is 0 Å². The van der Waals surface area contributed by atoms with E-state index in [-0.39, 0.29) is 5.82 Å². The van der Waals surface area contributed by atoms with Crippen LogP contribution in [0.3, 0.4) is 0 Å². The lowest BCUT2D eigenvalue weighted by Crippen LogP contribution is -2.31. The van der Waals surface area contributed by atoms with Crippen molar-refractivity contribution in [1.82, 2.24) is 5.32 Å². The number of nitrogens with one attached hydrogen (secondary N) is 1. The van der Waals surface area contributed by atoms with Gasteiger partial charge in [0, 0.05) is 31.9 Å². The number of hydrogen-bond acceptors (Lipinski definition) is 3. The van der Waals surface area contributed by atoms with Crippen LogP contribution in [0, 0.1) is 5.82 Å². The van der Waals surface area contributed by atoms with Crippen molar-refractivity contribution in [2.24, 2.45) is 0 Å². The molecule has 112 valence electrons. The molecule has 0 amide bonds. The van der Waals surface area contributed by atoms with Gasteiger partial charge in [0.2, 0.25) is 0 Å². The average Bonchev–Trinajstić information content (AvgIpc) is 3.26. The van der Waals surface area contributed by atoms with Crippen molar-refractivity contribution in [3.05, 3.63) is 29.6 Å². The van der Waals surface area contributed by atoms with Crippen LogP contribution in [-0.2, 0) is 11.3 Å². The summed E-state index contributed by atoms with van der Waals surface area (Å²) in [6.45, 7) is 5.38. The highest BCUT2D eigenvalue weighted by Crippen LogP contribution is 2.33. The molecule has 0 atom stereocenters. The van der Waals surface area contributed by atoms with Gasteiger partial charge in [-0.1, -0.05) is 6.92 Å². The van der Waals surface area contributed by atoms with E-state index in [9.17, 15) is 4.39 Å². The highest BCUT2D eigenvalue weighted by molar-refractivity contribution is 5.55. The zero-order chi connectivity index (χ0) is 14.4. The van der Waals surface area contributed by atoms with E-state index < -0.39 is 0 Å². The minimum Gasteiger partial charge on any atom is -0.383 e. The van der Waals surface area contributed by atoms with Gasteiger partial charge < -0.3 is 15.0 Å². The van der Waals surface area contributed by atoms with E-state index in [0.29, 0.717) is 12.6 Å². The van der Waals surface area contributed by atoms with Crippen LogP contribution in [0.4, 0.5) is 10.1 Å². The quantitative estimate of drug-likeness (QED) is 0.704. The fourth-order valence-corrected chi connectivity index (χ4v) is 2.45. The molecule has 4 heteroatoms. The number of anilines is 1. The molecule has 1 saturated carbocycles. The molecule has 2 rings (SSSR count). The van der Waals surface area contributed by atoms with E-state index in [4.69, 9.17) is 4.74 Å². The molecular formula is C16H25FN2O. The topological polar surface area (TPSA) is 24.5 Å². The third kappa shape index (κ3) is 4.18. The van der Waals surface area contributed by atoms with Gasteiger partial charge in [-0.25, -0.2) is 4.39 Å². The minimum absolute atomic E-state index is 0.162. The van der Waals surface area contributed by atoms with Gasteiger partial charge in [-0.15, -0.1) is 0 Å². The van der Waals surface area contributed by atoms with Gasteiger partial charge in [-0.2, -0.15) is 0 Å². The maximum atomic E-state index is 13.5. The monoisotopic (exact) mass is 280 g/mol. The van der Waals surface area contributed by atoms with Crippen LogP contribution in [-0.4, -0.2) is 32.8 Å². The molecule has 0 saturated heterocycles. The van der Waals surface area contributed by atoms with Gasteiger partial charge in [0.15, 0.2) is 0 Å². The normalized spacial score (nSPS) is 14.6. The highest BCUT2D eigenvalue weighted by Gasteiger charge is 2.30. The molecule has 20 heavy (non-hydrogen) atoms. The molecule has 0 heterocycles. The molecule has 0 bridgehead atoms. The number of benzene rings is 1. The Bertz CT molecular complexity index is 421. The lowest BCUT2D eigenvalue weighted by molar-refractivity contribution is 0.205. The van der Waals surface area contributed by atoms with Crippen molar-refractivity contribution in [3.63, 3.8) is 0 Å². The highest BCUT2D eigenvalue weighted by atomic mass is 19.1. The molecule has 1 fully saturated rings. The summed E-state index contributed by atoms with van der Waals surface area (Å²) in [6, 6.07) is 5.72. The molecule has 1 aliphatic carbocycles. The smallest absolute Gasteiger partial charge is 0.123 e. The van der Waals surface area contributed by atoms with Gasteiger partial charge in [0.1, 0.15) is 5.82 Å². The lowest BCUT2D eigenvalue weighted by atomic mass is 10.1. The predicted octanol–water partition coefficient (Wildman–Crippen LogP) is 2.94. The second-order valence-corrected chi connectivity index (χ2v) is 5.37. The predicted molar refractivity (Wildman–Crippen MR) is 80.6 cm³/mol. The van der Waals surface area contributed by atoms with E-state index in [1.165, 1.54) is 12.8 Å². The molecule has 0 radical (unpaired) electrons. The first-order chi connectivity index (χ1) is 9.76. The zero-order valence-corrected chi connectivity index (χ0v) is 12.5. The molecule has 0 spiro atoms. The second-order valence-electron chi connectivity index (χ2n) is 5.37. The third-order valence-electron chi connectivity index (χ3n) is 3.62. The molecule has 3 nitrogen and oxygen atoms in total. The standard InChI is InChI=1S/C16H25FN2O/c1-3-8-18-12-13-11-14(17)4-7-16(13)19(9-10-20-2)15-5-6-15/h4,7,11,15,18H,3,5-6,8-10,12H2,1-2H3. The summed E-state index contributed by atoms with van der Waals surface area (Å²) >= 11 is 0. The van der Waals surface area contributed by atoms with Gasteiger partial charge >= 0.3 is 0 Å². The minimum atomic E-state index is -0.162. The first-order valence-electron chi connectivity index (χ1n) is 7.51. The Morgan fingerprint density at radius 1 is 1.40 bits per heavy atom. The van der Waals surface area contributed by atoms with Gasteiger partial charge in [0.05, 0.1) is 6.61 Å². The number of halogens is 1. The maximum Gasteiger partial charge on any atom is 0.123 e. The molecule has 0 aliphatic heterocycles. The first-order valence-corrected chi connectivity index (χ1v) is 7.51. The van der Waals surface area contributed by atoms with E-state index in [1.807, 2.05) is 6.07 Å². The summed E-state index contributed by atoms with van der Waals surface area (Å²) in [5.74, 6) is -0.162. The lowest BCUT2D eigenvalue weighted by Gasteiger charge is -2.27. The number of rotatable bonds is 9. The van der Waals surface area contributed by atoms with Gasteiger partial charge in [-0.3, -0.25) is 0 Å². The number of ether oxygens (including phenoxy) is 1. The Labute approximate surface area is 121 Å². The van der Waals surface area contributed by atoms with Crippen LogP contribution in [0.2, 0.25) is 0 Å². The fraction of sp³-hybridized carbons (Fsp3) is 0.625. The average molecular weight is 280 g/mol. The summed E-state index contributed by atoms with van der Waals surface area (Å²) in [7, 11) is 1.72. The van der Waals surface area contributed by atoms with E-state index in [2.05, 4.69) is 17.1 Å². The van der Waals surface area contributed by atoms with Crippen LogP contribution < -0.4 is 10.2 Å². The van der Waals surface area contributed by atoms with Crippen LogP contribution >= 0.6 is 0 Å². The van der Waals surface area contributed by atoms with E-state index in [1.54, 1.807) is 19.2 Å². The van der Waals surface area contributed by atoms with Gasteiger partial charge in [0.25, 0.3) is 0 Å². The number of hydrogen-bond donors (Lipinski definition) is 1. The molecule has 1 N–H and O–H groups in total. The zero-order valence-electron chi connectivity index (χ0n) is 12.5. The SMILES string of the molecule is CCCNCc1cc(F)ccc1N(CCOC)C1CC1. The third-order valence-corrected chi connectivity index (χ3v) is 3.62. The van der Waals surface area contributed by atoms with Crippen molar-refractivity contribution < 1.29 is 9.13 Å². The number of nitrogens with zero attached hydrogens (tertiary/aromatic N) is 1. The summed E-state index contributed by atoms with van der Waals surface area (Å²) in [5.41, 5.74) is 2.19. The van der Waals surface area contributed by atoms with Crippen molar-refractivity contribution in [2.75, 3.05) is 31.7 Å². The Kier molecular flexibility index (Phi) is 5.80. The molecule has 1 aliphatic rings. The molecule has 0 unspecified atom stereocenters. The van der Waals surface area contributed by atoms with Crippen molar-refractivity contribution in [1.29, 1.82) is 0 Å². The van der Waals surface area contributed by atoms with Crippen LogP contribution in [0.25, 0.3) is 0 Å². The van der Waals surface area contributed by atoms with Crippen LogP contribution in [0.15, 0.2) is 18.2 Å².